The molecular formula is C19H19N3O3. The van der Waals surface area contributed by atoms with Crippen molar-refractivity contribution in [2.45, 2.75) is 32.6 Å². The molecule has 0 unspecified atom stereocenters. The normalized spacial score (nSPS) is 23.1. The average Bonchev–Trinajstić information content (AvgIpc) is 3.20. The van der Waals surface area contributed by atoms with E-state index in [1.54, 1.807) is 12.4 Å². The number of anilines is 1. The van der Waals surface area contributed by atoms with E-state index < -0.39 is 0 Å². The molecule has 2 aliphatic heterocycles. The second-order valence-corrected chi connectivity index (χ2v) is 7.66. The van der Waals surface area contributed by atoms with E-state index in [9.17, 15) is 4.79 Å². The van der Waals surface area contributed by atoms with Gasteiger partial charge in [-0.15, -0.1) is 0 Å². The number of hydrogen-bond donors (Lipinski definition) is 2. The Balaban J connectivity index is 1.73. The number of fused-ring (bicyclic) bond motifs is 2. The molecule has 1 aromatic heterocycles. The summed E-state index contributed by atoms with van der Waals surface area (Å²) in [6.45, 7) is 4.49. The Kier molecular flexibility index (Phi) is 2.84. The number of benzene rings is 1. The van der Waals surface area contributed by atoms with Gasteiger partial charge in [-0.2, -0.15) is 0 Å². The van der Waals surface area contributed by atoms with Gasteiger partial charge in [-0.05, 0) is 23.5 Å². The highest BCUT2D eigenvalue weighted by atomic mass is 16.7. The van der Waals surface area contributed by atoms with Crippen LogP contribution in [0.2, 0.25) is 0 Å². The standard InChI is InChI=1S/C19H19N3O3/c1-19(2)7-12-17(13(23)8-19)16(18-20-3-4-21-18)10-5-14-15(25-9-24-14)6-11(10)22-12/h3-6,16,22H,7-9H2,1-2H3,(H,20,21)/t16-/m1/s1. The molecule has 128 valence electrons. The van der Waals surface area contributed by atoms with Gasteiger partial charge in [0.15, 0.2) is 17.3 Å². The molecule has 0 amide bonds. The third-order valence-corrected chi connectivity index (χ3v) is 5.14. The predicted octanol–water partition coefficient (Wildman–Crippen LogP) is 3.34. The Morgan fingerprint density at radius 3 is 2.76 bits per heavy atom. The lowest BCUT2D eigenvalue weighted by molar-refractivity contribution is -0.118. The van der Waals surface area contributed by atoms with Crippen molar-refractivity contribution in [2.24, 2.45) is 5.41 Å². The predicted molar refractivity (Wildman–Crippen MR) is 91.7 cm³/mol. The lowest BCUT2D eigenvalue weighted by Gasteiger charge is -2.38. The smallest absolute Gasteiger partial charge is 0.231 e. The third-order valence-electron chi connectivity index (χ3n) is 5.14. The number of hydrogen-bond acceptors (Lipinski definition) is 5. The topological polar surface area (TPSA) is 76.2 Å². The molecule has 0 saturated carbocycles. The Hall–Kier alpha value is -2.76. The van der Waals surface area contributed by atoms with Crippen LogP contribution < -0.4 is 14.8 Å². The maximum absolute atomic E-state index is 13.0. The largest absolute Gasteiger partial charge is 0.454 e. The van der Waals surface area contributed by atoms with E-state index in [-0.39, 0.29) is 23.9 Å². The lowest BCUT2D eigenvalue weighted by atomic mass is 9.70. The molecular weight excluding hydrogens is 318 g/mol. The van der Waals surface area contributed by atoms with Gasteiger partial charge < -0.3 is 19.8 Å². The second-order valence-electron chi connectivity index (χ2n) is 7.66. The molecule has 1 aliphatic carbocycles. The fraction of sp³-hybridized carbons (Fsp3) is 0.368. The number of H-pyrrole nitrogens is 1. The van der Waals surface area contributed by atoms with Gasteiger partial charge in [0.1, 0.15) is 5.82 Å². The molecule has 2 aromatic rings. The van der Waals surface area contributed by atoms with Crippen LogP contribution in [0.3, 0.4) is 0 Å². The Labute approximate surface area is 145 Å². The van der Waals surface area contributed by atoms with Gasteiger partial charge in [-0.25, -0.2) is 4.98 Å². The number of aromatic amines is 1. The van der Waals surface area contributed by atoms with Gasteiger partial charge in [-0.3, -0.25) is 4.79 Å². The maximum Gasteiger partial charge on any atom is 0.231 e. The van der Waals surface area contributed by atoms with Crippen LogP contribution in [0.1, 0.15) is 44.0 Å². The molecule has 0 radical (unpaired) electrons. The number of rotatable bonds is 1. The molecule has 1 aromatic carbocycles. The monoisotopic (exact) mass is 337 g/mol. The number of aromatic nitrogens is 2. The zero-order valence-electron chi connectivity index (χ0n) is 14.2. The van der Waals surface area contributed by atoms with Crippen molar-refractivity contribution in [2.75, 3.05) is 12.1 Å². The first-order valence-corrected chi connectivity index (χ1v) is 8.48. The van der Waals surface area contributed by atoms with Crippen LogP contribution in [0, 0.1) is 5.41 Å². The Bertz CT molecular complexity index is 912. The number of nitrogens with one attached hydrogen (secondary N) is 2. The van der Waals surface area contributed by atoms with Crippen molar-refractivity contribution in [3.05, 3.63) is 47.2 Å². The van der Waals surface area contributed by atoms with Crippen LogP contribution in [0.5, 0.6) is 11.5 Å². The van der Waals surface area contributed by atoms with Gasteiger partial charge in [0.25, 0.3) is 0 Å². The molecule has 6 nitrogen and oxygen atoms in total. The number of Topliss-reactive ketones (excluding diaryl/α,β-unsaturated/α-hetero) is 1. The zero-order chi connectivity index (χ0) is 17.2. The van der Waals surface area contributed by atoms with Crippen LogP contribution in [0.15, 0.2) is 35.8 Å². The van der Waals surface area contributed by atoms with Crippen LogP contribution >= 0.6 is 0 Å². The summed E-state index contributed by atoms with van der Waals surface area (Å²) >= 11 is 0. The highest BCUT2D eigenvalue weighted by Crippen LogP contribution is 2.51. The average molecular weight is 337 g/mol. The van der Waals surface area contributed by atoms with E-state index in [4.69, 9.17) is 9.47 Å². The summed E-state index contributed by atoms with van der Waals surface area (Å²) in [5.74, 6) is 2.20. The number of ketones is 1. The first-order valence-electron chi connectivity index (χ1n) is 8.48. The van der Waals surface area contributed by atoms with E-state index in [0.717, 1.165) is 40.5 Å². The van der Waals surface area contributed by atoms with E-state index in [0.29, 0.717) is 12.2 Å². The van der Waals surface area contributed by atoms with Gasteiger partial charge in [0.05, 0.1) is 5.92 Å². The molecule has 6 heteroatoms. The Morgan fingerprint density at radius 1 is 1.20 bits per heavy atom. The summed E-state index contributed by atoms with van der Waals surface area (Å²) in [6, 6.07) is 3.93. The van der Waals surface area contributed by atoms with Crippen molar-refractivity contribution in [3.8, 4) is 11.5 Å². The fourth-order valence-corrected chi connectivity index (χ4v) is 4.12. The third kappa shape index (κ3) is 2.17. The van der Waals surface area contributed by atoms with Gasteiger partial charge >= 0.3 is 0 Å². The molecule has 2 N–H and O–H groups in total. The van der Waals surface area contributed by atoms with E-state index in [1.807, 2.05) is 12.1 Å². The van der Waals surface area contributed by atoms with Crippen LogP contribution in [-0.2, 0) is 4.79 Å². The molecule has 0 spiro atoms. The lowest BCUT2D eigenvalue weighted by Crippen LogP contribution is -2.34. The molecule has 25 heavy (non-hydrogen) atoms. The summed E-state index contributed by atoms with van der Waals surface area (Å²) in [6.07, 6.45) is 4.90. The molecule has 3 aliphatic rings. The van der Waals surface area contributed by atoms with Crippen LogP contribution in [-0.4, -0.2) is 22.5 Å². The van der Waals surface area contributed by atoms with Crippen molar-refractivity contribution >= 4 is 11.5 Å². The molecule has 0 saturated heterocycles. The molecule has 1 atom stereocenters. The van der Waals surface area contributed by atoms with E-state index in [2.05, 4.69) is 29.1 Å². The SMILES string of the molecule is CC1(C)CC(=O)C2=C(C1)Nc1cc3c(cc1[C@H]2c1ncc[nH]1)OCO3. The van der Waals surface area contributed by atoms with Crippen molar-refractivity contribution in [1.29, 1.82) is 0 Å². The highest BCUT2D eigenvalue weighted by molar-refractivity contribution is 6.01. The molecule has 0 bridgehead atoms. The van der Waals surface area contributed by atoms with E-state index in [1.165, 1.54) is 0 Å². The summed E-state index contributed by atoms with van der Waals surface area (Å²) in [5, 5.41) is 3.49. The first-order chi connectivity index (χ1) is 12.0. The minimum atomic E-state index is -0.209. The second kappa shape index (κ2) is 4.88. The summed E-state index contributed by atoms with van der Waals surface area (Å²) < 4.78 is 11.1. The van der Waals surface area contributed by atoms with E-state index >= 15 is 0 Å². The quantitative estimate of drug-likeness (QED) is 0.835. The van der Waals surface area contributed by atoms with Crippen molar-refractivity contribution in [1.82, 2.24) is 9.97 Å². The number of nitrogens with zero attached hydrogens (tertiary/aromatic N) is 1. The first kappa shape index (κ1) is 14.6. The molecule has 0 fully saturated rings. The van der Waals surface area contributed by atoms with Crippen LogP contribution in [0.25, 0.3) is 0 Å². The number of ether oxygens (including phenoxy) is 2. The van der Waals surface area contributed by atoms with Crippen molar-refractivity contribution < 1.29 is 14.3 Å². The van der Waals surface area contributed by atoms with Gasteiger partial charge in [0, 0.05) is 41.8 Å². The van der Waals surface area contributed by atoms with Crippen LogP contribution in [0.4, 0.5) is 5.69 Å². The summed E-state index contributed by atoms with van der Waals surface area (Å²) in [7, 11) is 0. The zero-order valence-corrected chi connectivity index (χ0v) is 14.2. The number of carbonyl (C=O) groups excluding carboxylic acids is 1. The number of carbonyl (C=O) groups is 1. The minimum absolute atomic E-state index is 0.0511. The minimum Gasteiger partial charge on any atom is -0.454 e. The van der Waals surface area contributed by atoms with Gasteiger partial charge in [-0.1, -0.05) is 13.8 Å². The van der Waals surface area contributed by atoms with Crippen molar-refractivity contribution in [3.63, 3.8) is 0 Å². The Morgan fingerprint density at radius 2 is 2.00 bits per heavy atom. The maximum atomic E-state index is 13.0. The summed E-state index contributed by atoms with van der Waals surface area (Å²) in [4.78, 5) is 20.6. The molecule has 3 heterocycles. The van der Waals surface area contributed by atoms with Gasteiger partial charge in [0.2, 0.25) is 6.79 Å². The fourth-order valence-electron chi connectivity index (χ4n) is 4.12. The summed E-state index contributed by atoms with van der Waals surface area (Å²) in [5.41, 5.74) is 3.71. The highest BCUT2D eigenvalue weighted by Gasteiger charge is 2.42. The number of imidazole rings is 1. The molecule has 5 rings (SSSR count). The number of allylic oxidation sites excluding steroid dienone is 2.